The van der Waals surface area contributed by atoms with Gasteiger partial charge in [0.2, 0.25) is 0 Å². The van der Waals surface area contributed by atoms with Crippen molar-refractivity contribution in [3.63, 3.8) is 0 Å². The summed E-state index contributed by atoms with van der Waals surface area (Å²) in [6, 6.07) is 0. The van der Waals surface area contributed by atoms with Gasteiger partial charge >= 0.3 is 17.9 Å². The van der Waals surface area contributed by atoms with Crippen LogP contribution in [-0.2, 0) is 28.6 Å². The van der Waals surface area contributed by atoms with Crippen molar-refractivity contribution in [2.75, 3.05) is 13.2 Å². The second-order valence-corrected chi connectivity index (χ2v) is 20.6. The molecule has 0 amide bonds. The molecule has 0 radical (unpaired) electrons. The number of hydrogen-bond donors (Lipinski definition) is 0. The summed E-state index contributed by atoms with van der Waals surface area (Å²) in [4.78, 5) is 38.3. The number of ether oxygens (including phenoxy) is 3. The summed E-state index contributed by atoms with van der Waals surface area (Å²) in [5.74, 6) is -0.907. The zero-order chi connectivity index (χ0) is 52.2. The van der Waals surface area contributed by atoms with E-state index in [2.05, 4.69) is 93.7 Å². The molecule has 0 aliphatic heterocycles. The van der Waals surface area contributed by atoms with Gasteiger partial charge in [0.25, 0.3) is 0 Å². The van der Waals surface area contributed by atoms with Gasteiger partial charge in [0.05, 0.1) is 0 Å². The number of rotatable bonds is 56. The molecule has 0 aliphatic rings. The van der Waals surface area contributed by atoms with Gasteiger partial charge in [-0.3, -0.25) is 14.4 Å². The highest BCUT2D eigenvalue weighted by molar-refractivity contribution is 5.71. The SMILES string of the molecule is CCCCC/C=C\C/C=C\C/C=C\C/C=C\CCCCCC(=O)OC[C@@H](COC(=O)CCCCCCCCCCCCCCCCCC)OC(=O)CCCCCCCCCCC/C=C\C/C=C\CCCCC. The molecule has 0 saturated heterocycles. The van der Waals surface area contributed by atoms with Gasteiger partial charge in [-0.25, -0.2) is 0 Å². The predicted octanol–water partition coefficient (Wildman–Crippen LogP) is 20.9. The second-order valence-electron chi connectivity index (χ2n) is 20.6. The van der Waals surface area contributed by atoms with Crippen LogP contribution in [0.4, 0.5) is 0 Å². The molecule has 0 spiro atoms. The Hall–Kier alpha value is -3.15. The first-order valence-corrected chi connectivity index (χ1v) is 30.9. The Bertz CT molecular complexity index is 1340. The van der Waals surface area contributed by atoms with Gasteiger partial charge < -0.3 is 14.2 Å². The Labute approximate surface area is 446 Å². The molecule has 6 nitrogen and oxygen atoms in total. The van der Waals surface area contributed by atoms with E-state index in [4.69, 9.17) is 14.2 Å². The maximum Gasteiger partial charge on any atom is 0.306 e. The summed E-state index contributed by atoms with van der Waals surface area (Å²) in [7, 11) is 0. The van der Waals surface area contributed by atoms with Crippen molar-refractivity contribution in [2.45, 2.75) is 316 Å². The average Bonchev–Trinajstić information content (AvgIpc) is 3.38. The van der Waals surface area contributed by atoms with Gasteiger partial charge in [0, 0.05) is 19.3 Å². The molecule has 0 aliphatic carbocycles. The summed E-state index contributed by atoms with van der Waals surface area (Å²) in [5, 5.41) is 0. The van der Waals surface area contributed by atoms with Gasteiger partial charge in [0.15, 0.2) is 6.10 Å². The summed E-state index contributed by atoms with van der Waals surface area (Å²) in [5.41, 5.74) is 0. The smallest absolute Gasteiger partial charge is 0.306 e. The minimum absolute atomic E-state index is 0.0847. The largest absolute Gasteiger partial charge is 0.462 e. The standard InChI is InChI=1S/C66H116O6/c1-4-7-10-13-16-19-22-25-28-31-33-35-38-41-44-47-50-53-56-59-65(68)71-62-63(61-70-64(67)58-55-52-49-46-43-40-37-30-27-24-21-18-15-12-9-6-3)72-66(69)60-57-54-51-48-45-42-39-36-34-32-29-26-23-20-17-14-11-8-5-2/h16-17,19-20,25-26,28-29,33,35,41,44,63H,4-15,18,21-24,27,30-32,34,36-40,42-43,45-62H2,1-3H3/b19-16-,20-17-,28-25-,29-26-,35-33-,44-41-/t63-/m1/s1. The molecule has 0 rings (SSSR count). The lowest BCUT2D eigenvalue weighted by molar-refractivity contribution is -0.167. The van der Waals surface area contributed by atoms with Crippen molar-refractivity contribution < 1.29 is 28.6 Å². The minimum Gasteiger partial charge on any atom is -0.462 e. The quantitative estimate of drug-likeness (QED) is 0.0261. The number of unbranched alkanes of at least 4 members (excludes halogenated alkanes) is 33. The maximum atomic E-state index is 12.9. The van der Waals surface area contributed by atoms with Crippen LogP contribution in [0.15, 0.2) is 72.9 Å². The van der Waals surface area contributed by atoms with Crippen LogP contribution in [-0.4, -0.2) is 37.2 Å². The van der Waals surface area contributed by atoms with Crippen molar-refractivity contribution >= 4 is 17.9 Å². The van der Waals surface area contributed by atoms with E-state index < -0.39 is 6.10 Å². The lowest BCUT2D eigenvalue weighted by Gasteiger charge is -2.18. The zero-order valence-electron chi connectivity index (χ0n) is 47.7. The van der Waals surface area contributed by atoms with Crippen LogP contribution in [0, 0.1) is 0 Å². The highest BCUT2D eigenvalue weighted by atomic mass is 16.6. The van der Waals surface area contributed by atoms with Crippen LogP contribution in [0.5, 0.6) is 0 Å². The second kappa shape index (κ2) is 60.4. The molecule has 6 heteroatoms. The average molecular weight is 1010 g/mol. The van der Waals surface area contributed by atoms with Crippen LogP contribution in [0.3, 0.4) is 0 Å². The Kier molecular flexibility index (Phi) is 57.8. The Morgan fingerprint density at radius 2 is 0.500 bits per heavy atom. The molecule has 0 heterocycles. The van der Waals surface area contributed by atoms with E-state index in [0.717, 1.165) is 89.9 Å². The molecule has 416 valence electrons. The third-order valence-corrected chi connectivity index (χ3v) is 13.4. The summed E-state index contributed by atoms with van der Waals surface area (Å²) >= 11 is 0. The fourth-order valence-electron chi connectivity index (χ4n) is 8.75. The number of hydrogen-bond acceptors (Lipinski definition) is 6. The molecule has 0 aromatic carbocycles. The number of esters is 3. The predicted molar refractivity (Wildman–Crippen MR) is 311 cm³/mol. The Balaban J connectivity index is 4.43. The fraction of sp³-hybridized carbons (Fsp3) is 0.773. The molecule has 0 aromatic heterocycles. The van der Waals surface area contributed by atoms with Crippen molar-refractivity contribution in [3.05, 3.63) is 72.9 Å². The minimum atomic E-state index is -0.790. The van der Waals surface area contributed by atoms with E-state index in [1.165, 1.54) is 180 Å². The number of allylic oxidation sites excluding steroid dienone is 12. The van der Waals surface area contributed by atoms with E-state index >= 15 is 0 Å². The topological polar surface area (TPSA) is 78.9 Å². The Morgan fingerprint density at radius 3 is 0.819 bits per heavy atom. The van der Waals surface area contributed by atoms with Crippen LogP contribution in [0.25, 0.3) is 0 Å². The Morgan fingerprint density at radius 1 is 0.278 bits per heavy atom. The summed E-state index contributed by atoms with van der Waals surface area (Å²) < 4.78 is 16.9. The van der Waals surface area contributed by atoms with Crippen LogP contribution >= 0.6 is 0 Å². The van der Waals surface area contributed by atoms with Gasteiger partial charge in [0.1, 0.15) is 13.2 Å². The van der Waals surface area contributed by atoms with E-state index in [9.17, 15) is 14.4 Å². The molecule has 0 aromatic rings. The van der Waals surface area contributed by atoms with Crippen molar-refractivity contribution in [3.8, 4) is 0 Å². The van der Waals surface area contributed by atoms with Gasteiger partial charge in [-0.2, -0.15) is 0 Å². The lowest BCUT2D eigenvalue weighted by atomic mass is 10.0. The third kappa shape index (κ3) is 57.7. The molecule has 72 heavy (non-hydrogen) atoms. The molecule has 0 bridgehead atoms. The monoisotopic (exact) mass is 1000 g/mol. The van der Waals surface area contributed by atoms with E-state index in [1.54, 1.807) is 0 Å². The lowest BCUT2D eigenvalue weighted by Crippen LogP contribution is -2.30. The molecular formula is C66H116O6. The first-order chi connectivity index (χ1) is 35.5. The van der Waals surface area contributed by atoms with Crippen molar-refractivity contribution in [1.29, 1.82) is 0 Å². The van der Waals surface area contributed by atoms with Crippen molar-refractivity contribution in [1.82, 2.24) is 0 Å². The first kappa shape index (κ1) is 68.8. The van der Waals surface area contributed by atoms with Crippen LogP contribution < -0.4 is 0 Å². The van der Waals surface area contributed by atoms with Crippen LogP contribution in [0.1, 0.15) is 310 Å². The van der Waals surface area contributed by atoms with Gasteiger partial charge in [-0.15, -0.1) is 0 Å². The van der Waals surface area contributed by atoms with Gasteiger partial charge in [-0.1, -0.05) is 267 Å². The number of carbonyl (C=O) groups excluding carboxylic acids is 3. The normalized spacial score (nSPS) is 12.5. The fourth-order valence-corrected chi connectivity index (χ4v) is 8.75. The third-order valence-electron chi connectivity index (χ3n) is 13.4. The summed E-state index contributed by atoms with van der Waals surface area (Å²) in [6.45, 7) is 6.59. The first-order valence-electron chi connectivity index (χ1n) is 30.9. The van der Waals surface area contributed by atoms with Gasteiger partial charge in [-0.05, 0) is 96.3 Å². The highest BCUT2D eigenvalue weighted by Crippen LogP contribution is 2.16. The van der Waals surface area contributed by atoms with E-state index in [-0.39, 0.29) is 31.1 Å². The van der Waals surface area contributed by atoms with Crippen molar-refractivity contribution in [2.24, 2.45) is 0 Å². The number of carbonyl (C=O) groups is 3. The van der Waals surface area contributed by atoms with E-state index in [0.29, 0.717) is 19.3 Å². The molecule has 0 saturated carbocycles. The van der Waals surface area contributed by atoms with E-state index in [1.807, 2.05) is 0 Å². The maximum absolute atomic E-state index is 12.9. The highest BCUT2D eigenvalue weighted by Gasteiger charge is 2.19. The molecule has 0 unspecified atom stereocenters. The molecular weight excluding hydrogens is 889 g/mol. The molecule has 0 fully saturated rings. The molecule has 1 atom stereocenters. The van der Waals surface area contributed by atoms with Crippen LogP contribution in [0.2, 0.25) is 0 Å². The zero-order valence-corrected chi connectivity index (χ0v) is 47.7. The molecule has 0 N–H and O–H groups in total. The summed E-state index contributed by atoms with van der Waals surface area (Å²) in [6.07, 6.45) is 77.5.